The zero-order valence-electron chi connectivity index (χ0n) is 8.86. The van der Waals surface area contributed by atoms with Gasteiger partial charge in [-0.05, 0) is 6.42 Å². The fourth-order valence-corrected chi connectivity index (χ4v) is 1.25. The molecule has 1 aromatic heterocycles. The molecule has 1 rings (SSSR count). The highest BCUT2D eigenvalue weighted by Gasteiger charge is 2.18. The van der Waals surface area contributed by atoms with Crippen molar-refractivity contribution in [1.82, 2.24) is 9.55 Å². The second kappa shape index (κ2) is 4.91. The Morgan fingerprint density at radius 3 is 2.93 bits per heavy atom. The molecule has 0 saturated heterocycles. The van der Waals surface area contributed by atoms with Crippen molar-refractivity contribution >= 4 is 5.78 Å². The lowest BCUT2D eigenvalue weighted by Crippen LogP contribution is -2.17. The summed E-state index contributed by atoms with van der Waals surface area (Å²) >= 11 is 0. The largest absolute Gasteiger partial charge is 0.385 e. The molecule has 0 aliphatic heterocycles. The van der Waals surface area contributed by atoms with Gasteiger partial charge in [0, 0.05) is 39.1 Å². The van der Waals surface area contributed by atoms with Gasteiger partial charge in [-0.3, -0.25) is 4.79 Å². The second-order valence-electron chi connectivity index (χ2n) is 3.41. The molecular weight excluding hydrogens is 180 g/mol. The minimum Gasteiger partial charge on any atom is -0.385 e. The zero-order chi connectivity index (χ0) is 10.6. The van der Waals surface area contributed by atoms with Crippen molar-refractivity contribution in [2.75, 3.05) is 13.7 Å². The Kier molecular flexibility index (Phi) is 3.83. The number of hydrogen-bond donors (Lipinski definition) is 0. The van der Waals surface area contributed by atoms with Crippen LogP contribution < -0.4 is 0 Å². The van der Waals surface area contributed by atoms with Gasteiger partial charge in [-0.1, -0.05) is 6.92 Å². The van der Waals surface area contributed by atoms with Crippen LogP contribution in [0.5, 0.6) is 0 Å². The highest BCUT2D eigenvalue weighted by Crippen LogP contribution is 2.09. The first kappa shape index (κ1) is 10.9. The van der Waals surface area contributed by atoms with E-state index in [2.05, 4.69) is 4.98 Å². The Morgan fingerprint density at radius 2 is 2.43 bits per heavy atom. The van der Waals surface area contributed by atoms with Gasteiger partial charge in [-0.25, -0.2) is 4.98 Å². The van der Waals surface area contributed by atoms with Crippen LogP contribution in [-0.2, 0) is 11.8 Å². The Hall–Kier alpha value is -1.16. The molecule has 0 saturated carbocycles. The minimum absolute atomic E-state index is 0.0314. The van der Waals surface area contributed by atoms with E-state index >= 15 is 0 Å². The molecule has 0 radical (unpaired) electrons. The molecule has 1 atom stereocenters. The van der Waals surface area contributed by atoms with Crippen LogP contribution in [0.1, 0.15) is 24.0 Å². The maximum absolute atomic E-state index is 11.8. The van der Waals surface area contributed by atoms with E-state index in [0.29, 0.717) is 12.4 Å². The molecule has 78 valence electrons. The van der Waals surface area contributed by atoms with E-state index in [-0.39, 0.29) is 11.7 Å². The minimum atomic E-state index is -0.0314. The number of ketones is 1. The lowest BCUT2D eigenvalue weighted by atomic mass is 10.0. The smallest absolute Gasteiger partial charge is 0.201 e. The number of imidazole rings is 1. The highest BCUT2D eigenvalue weighted by molar-refractivity contribution is 5.94. The first-order valence-corrected chi connectivity index (χ1v) is 4.67. The molecule has 4 nitrogen and oxygen atoms in total. The van der Waals surface area contributed by atoms with E-state index in [1.807, 2.05) is 14.0 Å². The number of nitrogens with zero attached hydrogens (tertiary/aromatic N) is 2. The van der Waals surface area contributed by atoms with Crippen molar-refractivity contribution in [2.24, 2.45) is 13.0 Å². The molecule has 1 aromatic rings. The number of methoxy groups -OCH3 is 1. The van der Waals surface area contributed by atoms with Crippen molar-refractivity contribution in [2.45, 2.75) is 13.3 Å². The molecule has 4 heteroatoms. The third kappa shape index (κ3) is 2.42. The first-order chi connectivity index (χ1) is 6.66. The topological polar surface area (TPSA) is 44.1 Å². The lowest BCUT2D eigenvalue weighted by Gasteiger charge is -2.08. The van der Waals surface area contributed by atoms with Gasteiger partial charge in [-0.15, -0.1) is 0 Å². The normalized spacial score (nSPS) is 12.8. The van der Waals surface area contributed by atoms with Gasteiger partial charge in [0.2, 0.25) is 5.78 Å². The van der Waals surface area contributed by atoms with Crippen LogP contribution in [0.3, 0.4) is 0 Å². The van der Waals surface area contributed by atoms with Crippen LogP contribution >= 0.6 is 0 Å². The van der Waals surface area contributed by atoms with Crippen molar-refractivity contribution < 1.29 is 9.53 Å². The summed E-state index contributed by atoms with van der Waals surface area (Å²) in [5.74, 6) is 0.569. The molecule has 0 N–H and O–H groups in total. The van der Waals surface area contributed by atoms with Crippen molar-refractivity contribution in [3.05, 3.63) is 18.2 Å². The van der Waals surface area contributed by atoms with Crippen molar-refractivity contribution in [3.8, 4) is 0 Å². The van der Waals surface area contributed by atoms with E-state index in [0.717, 1.165) is 6.42 Å². The third-order valence-electron chi connectivity index (χ3n) is 2.24. The summed E-state index contributed by atoms with van der Waals surface area (Å²) in [5.41, 5.74) is 0. The van der Waals surface area contributed by atoms with Crippen LogP contribution in [0.4, 0.5) is 0 Å². The SMILES string of the molecule is COCCC(C)C(=O)c1nccn1C. The maximum Gasteiger partial charge on any atom is 0.201 e. The average Bonchev–Trinajstić information content (AvgIpc) is 2.59. The number of carbonyl (C=O) groups is 1. The fourth-order valence-electron chi connectivity index (χ4n) is 1.25. The molecule has 1 unspecified atom stereocenters. The predicted octanol–water partition coefficient (Wildman–Crippen LogP) is 1.28. The molecule has 0 aliphatic carbocycles. The Labute approximate surface area is 83.9 Å². The number of hydrogen-bond acceptors (Lipinski definition) is 3. The predicted molar refractivity (Wildman–Crippen MR) is 53.2 cm³/mol. The third-order valence-corrected chi connectivity index (χ3v) is 2.24. The van der Waals surface area contributed by atoms with Gasteiger partial charge in [0.25, 0.3) is 0 Å². The number of aromatic nitrogens is 2. The highest BCUT2D eigenvalue weighted by atomic mass is 16.5. The summed E-state index contributed by atoms with van der Waals surface area (Å²) in [5, 5.41) is 0. The number of aryl methyl sites for hydroxylation is 1. The van der Waals surface area contributed by atoms with Gasteiger partial charge >= 0.3 is 0 Å². The number of carbonyl (C=O) groups excluding carboxylic acids is 1. The second-order valence-corrected chi connectivity index (χ2v) is 3.41. The molecular formula is C10H16N2O2. The van der Waals surface area contributed by atoms with Gasteiger partial charge in [0.05, 0.1) is 0 Å². The van der Waals surface area contributed by atoms with Crippen LogP contribution in [0.15, 0.2) is 12.4 Å². The van der Waals surface area contributed by atoms with E-state index in [9.17, 15) is 4.79 Å². The summed E-state index contributed by atoms with van der Waals surface area (Å²) in [6.45, 7) is 2.51. The molecule has 0 spiro atoms. The number of ether oxygens (including phenoxy) is 1. The van der Waals surface area contributed by atoms with Crippen LogP contribution in [0.2, 0.25) is 0 Å². The average molecular weight is 196 g/mol. The van der Waals surface area contributed by atoms with Crippen LogP contribution in [0, 0.1) is 5.92 Å². The molecule has 0 bridgehead atoms. The standard InChI is InChI=1S/C10H16N2O2/c1-8(4-7-14-3)9(13)10-11-5-6-12(10)2/h5-6,8H,4,7H2,1-3H3. The van der Waals surface area contributed by atoms with E-state index in [1.165, 1.54) is 0 Å². The van der Waals surface area contributed by atoms with Crippen molar-refractivity contribution in [1.29, 1.82) is 0 Å². The van der Waals surface area contributed by atoms with E-state index in [1.54, 1.807) is 24.1 Å². The van der Waals surface area contributed by atoms with Crippen LogP contribution in [0.25, 0.3) is 0 Å². The first-order valence-electron chi connectivity index (χ1n) is 4.67. The summed E-state index contributed by atoms with van der Waals surface area (Å²) in [4.78, 5) is 15.8. The summed E-state index contributed by atoms with van der Waals surface area (Å²) in [7, 11) is 3.46. The number of rotatable bonds is 5. The molecule has 0 fully saturated rings. The maximum atomic E-state index is 11.8. The van der Waals surface area contributed by atoms with Gasteiger partial charge < -0.3 is 9.30 Å². The fraction of sp³-hybridized carbons (Fsp3) is 0.600. The van der Waals surface area contributed by atoms with Crippen molar-refractivity contribution in [3.63, 3.8) is 0 Å². The van der Waals surface area contributed by atoms with Gasteiger partial charge in [-0.2, -0.15) is 0 Å². The molecule has 0 amide bonds. The summed E-state index contributed by atoms with van der Waals surface area (Å²) in [6, 6.07) is 0. The quantitative estimate of drug-likeness (QED) is 0.666. The summed E-state index contributed by atoms with van der Waals surface area (Å²) in [6.07, 6.45) is 4.15. The van der Waals surface area contributed by atoms with E-state index < -0.39 is 0 Å². The lowest BCUT2D eigenvalue weighted by molar-refractivity contribution is 0.0880. The van der Waals surface area contributed by atoms with Gasteiger partial charge in [0.15, 0.2) is 5.82 Å². The molecule has 0 aliphatic rings. The Morgan fingerprint density at radius 1 is 1.71 bits per heavy atom. The Bertz CT molecular complexity index is 307. The summed E-state index contributed by atoms with van der Waals surface area (Å²) < 4.78 is 6.67. The molecule has 14 heavy (non-hydrogen) atoms. The van der Waals surface area contributed by atoms with E-state index in [4.69, 9.17) is 4.74 Å². The Balaban J connectivity index is 2.61. The molecule has 0 aromatic carbocycles. The van der Waals surface area contributed by atoms with Crippen LogP contribution in [-0.4, -0.2) is 29.1 Å². The molecule has 1 heterocycles. The number of Topliss-reactive ketones (excluding diaryl/α,β-unsaturated/α-hetero) is 1. The zero-order valence-corrected chi connectivity index (χ0v) is 8.86. The monoisotopic (exact) mass is 196 g/mol. The van der Waals surface area contributed by atoms with Gasteiger partial charge in [0.1, 0.15) is 0 Å².